The Balaban J connectivity index is 2.14. The standard InChI is InChI=1S/C15H25NOS/c1-15(2,3)13-9-8-12(18-13)14(16-4)11-7-5-6-10-17-11/h8-9,11,14,16H,5-7,10H2,1-4H3. The number of likely N-dealkylation sites (N-methyl/N-ethyl adjacent to an activating group) is 1. The third-order valence-corrected chi connectivity index (χ3v) is 5.16. The van der Waals surface area contributed by atoms with Gasteiger partial charge >= 0.3 is 0 Å². The third-order valence-electron chi connectivity index (χ3n) is 3.57. The maximum atomic E-state index is 5.92. The molecule has 0 bridgehead atoms. The molecular weight excluding hydrogens is 242 g/mol. The molecule has 0 aliphatic carbocycles. The summed E-state index contributed by atoms with van der Waals surface area (Å²) >= 11 is 1.92. The summed E-state index contributed by atoms with van der Waals surface area (Å²) in [4.78, 5) is 2.86. The van der Waals surface area contributed by atoms with Crippen LogP contribution in [0.15, 0.2) is 12.1 Å². The van der Waals surface area contributed by atoms with E-state index in [1.54, 1.807) is 0 Å². The first-order valence-electron chi connectivity index (χ1n) is 6.91. The molecule has 3 heteroatoms. The molecule has 2 rings (SSSR count). The van der Waals surface area contributed by atoms with Crippen LogP contribution in [0.3, 0.4) is 0 Å². The van der Waals surface area contributed by atoms with E-state index in [2.05, 4.69) is 38.2 Å². The molecule has 1 aliphatic heterocycles. The number of ether oxygens (including phenoxy) is 1. The second-order valence-corrected chi connectivity index (χ2v) is 7.24. The predicted molar refractivity (Wildman–Crippen MR) is 78.4 cm³/mol. The van der Waals surface area contributed by atoms with Crippen molar-refractivity contribution in [2.45, 2.75) is 57.6 Å². The Hall–Kier alpha value is -0.380. The van der Waals surface area contributed by atoms with Gasteiger partial charge in [-0.05, 0) is 43.9 Å². The minimum atomic E-state index is 0.245. The van der Waals surface area contributed by atoms with Crippen LogP contribution in [-0.4, -0.2) is 19.8 Å². The van der Waals surface area contributed by atoms with Crippen LogP contribution in [-0.2, 0) is 10.2 Å². The lowest BCUT2D eigenvalue weighted by Gasteiger charge is -2.29. The predicted octanol–water partition coefficient (Wildman–Crippen LogP) is 3.88. The molecule has 1 aliphatic rings. The van der Waals surface area contributed by atoms with Crippen LogP contribution in [0.4, 0.5) is 0 Å². The molecule has 18 heavy (non-hydrogen) atoms. The molecule has 0 radical (unpaired) electrons. The molecule has 0 saturated carbocycles. The summed E-state index contributed by atoms with van der Waals surface area (Å²) in [7, 11) is 2.04. The maximum Gasteiger partial charge on any atom is 0.0777 e. The van der Waals surface area contributed by atoms with E-state index in [4.69, 9.17) is 4.74 Å². The van der Waals surface area contributed by atoms with Crippen LogP contribution >= 0.6 is 11.3 Å². The van der Waals surface area contributed by atoms with Gasteiger partial charge in [-0.2, -0.15) is 0 Å². The first kappa shape index (κ1) is 14.0. The number of hydrogen-bond acceptors (Lipinski definition) is 3. The highest BCUT2D eigenvalue weighted by atomic mass is 32.1. The Labute approximate surface area is 115 Å². The van der Waals surface area contributed by atoms with E-state index in [9.17, 15) is 0 Å². The van der Waals surface area contributed by atoms with Crippen molar-refractivity contribution in [2.24, 2.45) is 0 Å². The van der Waals surface area contributed by atoms with Crippen LogP contribution in [0.5, 0.6) is 0 Å². The summed E-state index contributed by atoms with van der Waals surface area (Å²) in [6.45, 7) is 7.73. The average molecular weight is 267 g/mol. The van der Waals surface area contributed by atoms with Gasteiger partial charge in [0.2, 0.25) is 0 Å². The molecule has 2 nitrogen and oxygen atoms in total. The first-order chi connectivity index (χ1) is 8.52. The van der Waals surface area contributed by atoms with E-state index in [-0.39, 0.29) is 5.41 Å². The molecular formula is C15H25NOS. The topological polar surface area (TPSA) is 21.3 Å². The van der Waals surface area contributed by atoms with Crippen LogP contribution < -0.4 is 5.32 Å². The Morgan fingerprint density at radius 2 is 2.11 bits per heavy atom. The van der Waals surface area contributed by atoms with E-state index in [0.717, 1.165) is 6.61 Å². The van der Waals surface area contributed by atoms with E-state index in [0.29, 0.717) is 12.1 Å². The highest BCUT2D eigenvalue weighted by molar-refractivity contribution is 7.12. The molecule has 2 heterocycles. The van der Waals surface area contributed by atoms with Crippen molar-refractivity contribution >= 4 is 11.3 Å². The van der Waals surface area contributed by atoms with Crippen LogP contribution in [0.2, 0.25) is 0 Å². The van der Waals surface area contributed by atoms with Crippen molar-refractivity contribution < 1.29 is 4.74 Å². The van der Waals surface area contributed by atoms with Crippen molar-refractivity contribution in [1.29, 1.82) is 0 Å². The number of rotatable bonds is 3. The van der Waals surface area contributed by atoms with E-state index in [1.807, 2.05) is 18.4 Å². The van der Waals surface area contributed by atoms with Gasteiger partial charge in [-0.25, -0.2) is 0 Å². The normalized spacial score (nSPS) is 23.0. The fourth-order valence-electron chi connectivity index (χ4n) is 2.46. The lowest BCUT2D eigenvalue weighted by atomic mass is 9.95. The molecule has 0 spiro atoms. The zero-order valence-electron chi connectivity index (χ0n) is 12.0. The van der Waals surface area contributed by atoms with Gasteiger partial charge in [0.15, 0.2) is 0 Å². The fraction of sp³-hybridized carbons (Fsp3) is 0.733. The average Bonchev–Trinajstić information content (AvgIpc) is 2.81. The van der Waals surface area contributed by atoms with Crippen molar-refractivity contribution in [3.63, 3.8) is 0 Å². The summed E-state index contributed by atoms with van der Waals surface area (Å²) in [5, 5.41) is 3.44. The second-order valence-electron chi connectivity index (χ2n) is 6.12. The molecule has 0 aromatic carbocycles. The molecule has 0 amide bonds. The molecule has 1 aromatic heterocycles. The van der Waals surface area contributed by atoms with Crippen molar-refractivity contribution in [3.8, 4) is 0 Å². The lowest BCUT2D eigenvalue weighted by Crippen LogP contribution is -2.33. The Morgan fingerprint density at radius 3 is 2.61 bits per heavy atom. The quantitative estimate of drug-likeness (QED) is 0.897. The Kier molecular flexibility index (Phi) is 4.46. The van der Waals surface area contributed by atoms with Gasteiger partial charge in [-0.3, -0.25) is 0 Å². The van der Waals surface area contributed by atoms with Gasteiger partial charge < -0.3 is 10.1 Å². The Bertz CT molecular complexity index is 374. The number of nitrogens with one attached hydrogen (secondary N) is 1. The summed E-state index contributed by atoms with van der Waals surface area (Å²) in [6, 6.07) is 4.89. The highest BCUT2D eigenvalue weighted by Gasteiger charge is 2.27. The molecule has 1 aromatic rings. The van der Waals surface area contributed by atoms with Crippen molar-refractivity contribution in [1.82, 2.24) is 5.32 Å². The third kappa shape index (κ3) is 3.14. The van der Waals surface area contributed by atoms with Gasteiger partial charge in [0.1, 0.15) is 0 Å². The SMILES string of the molecule is CNC(c1ccc(C(C)(C)C)s1)C1CCCCO1. The molecule has 1 saturated heterocycles. The van der Waals surface area contributed by atoms with Gasteiger partial charge in [-0.1, -0.05) is 20.8 Å². The Morgan fingerprint density at radius 1 is 1.33 bits per heavy atom. The highest BCUT2D eigenvalue weighted by Crippen LogP contribution is 2.35. The van der Waals surface area contributed by atoms with Crippen LogP contribution in [0.25, 0.3) is 0 Å². The summed E-state index contributed by atoms with van der Waals surface area (Å²) in [6.07, 6.45) is 4.02. The maximum absolute atomic E-state index is 5.92. The van der Waals surface area contributed by atoms with E-state index < -0.39 is 0 Å². The molecule has 102 valence electrons. The van der Waals surface area contributed by atoms with Crippen LogP contribution in [0, 0.1) is 0 Å². The van der Waals surface area contributed by atoms with Gasteiger partial charge in [0.25, 0.3) is 0 Å². The van der Waals surface area contributed by atoms with Crippen molar-refractivity contribution in [2.75, 3.05) is 13.7 Å². The summed E-state index contributed by atoms with van der Waals surface area (Å²) in [5.74, 6) is 0. The van der Waals surface area contributed by atoms with Crippen LogP contribution in [0.1, 0.15) is 55.8 Å². The lowest BCUT2D eigenvalue weighted by molar-refractivity contribution is -0.00589. The summed E-state index contributed by atoms with van der Waals surface area (Å²) < 4.78 is 5.92. The minimum Gasteiger partial charge on any atom is -0.376 e. The van der Waals surface area contributed by atoms with E-state index in [1.165, 1.54) is 29.0 Å². The smallest absolute Gasteiger partial charge is 0.0777 e. The molecule has 2 unspecified atom stereocenters. The minimum absolute atomic E-state index is 0.245. The largest absolute Gasteiger partial charge is 0.376 e. The molecule has 1 fully saturated rings. The van der Waals surface area contributed by atoms with Gasteiger partial charge in [-0.15, -0.1) is 11.3 Å². The number of hydrogen-bond donors (Lipinski definition) is 1. The van der Waals surface area contributed by atoms with Gasteiger partial charge in [0.05, 0.1) is 12.1 Å². The molecule has 2 atom stereocenters. The van der Waals surface area contributed by atoms with Gasteiger partial charge in [0, 0.05) is 16.4 Å². The monoisotopic (exact) mass is 267 g/mol. The van der Waals surface area contributed by atoms with E-state index >= 15 is 0 Å². The summed E-state index contributed by atoms with van der Waals surface area (Å²) in [5.41, 5.74) is 0.245. The number of thiophene rings is 1. The second kappa shape index (κ2) is 5.72. The first-order valence-corrected chi connectivity index (χ1v) is 7.73. The zero-order chi connectivity index (χ0) is 13.2. The zero-order valence-corrected chi connectivity index (χ0v) is 12.8. The fourth-order valence-corrected chi connectivity index (χ4v) is 3.69. The molecule has 1 N–H and O–H groups in total. The van der Waals surface area contributed by atoms with Crippen molar-refractivity contribution in [3.05, 3.63) is 21.9 Å².